The summed E-state index contributed by atoms with van der Waals surface area (Å²) < 4.78 is 11.0. The summed E-state index contributed by atoms with van der Waals surface area (Å²) in [5.41, 5.74) is 8.97. The summed E-state index contributed by atoms with van der Waals surface area (Å²) in [6.45, 7) is 8.95. The highest BCUT2D eigenvalue weighted by Crippen LogP contribution is 2.29. The maximum absolute atomic E-state index is 14.1. The smallest absolute Gasteiger partial charge is 0.273 e. The lowest BCUT2D eigenvalue weighted by atomic mass is 9.93. The number of allylic oxidation sites excluding steroid dienone is 1. The zero-order valence-electron chi connectivity index (χ0n) is 21.8. The Morgan fingerprint density at radius 1 is 1.22 bits per heavy atom. The number of para-hydroxylation sites is 1. The highest BCUT2D eigenvalue weighted by Gasteiger charge is 2.37. The van der Waals surface area contributed by atoms with Crippen LogP contribution in [-0.2, 0) is 9.53 Å². The molecule has 36 heavy (non-hydrogen) atoms. The molecule has 0 aliphatic carbocycles. The van der Waals surface area contributed by atoms with Gasteiger partial charge < -0.3 is 19.4 Å². The fraction of sp³-hybridized carbons (Fsp3) is 0.577. The van der Waals surface area contributed by atoms with E-state index in [9.17, 15) is 4.79 Å². The number of rotatable bonds is 11. The van der Waals surface area contributed by atoms with Gasteiger partial charge in [0.2, 0.25) is 11.8 Å². The number of carbonyl (C=O) groups is 1. The Labute approximate surface area is 213 Å². The molecule has 0 saturated carbocycles. The van der Waals surface area contributed by atoms with E-state index in [0.717, 1.165) is 50.2 Å². The molecule has 1 amide bonds. The average molecular weight is 498 g/mol. The van der Waals surface area contributed by atoms with Crippen LogP contribution in [0.15, 0.2) is 46.1 Å². The fourth-order valence-corrected chi connectivity index (χ4v) is 4.87. The number of unbranched alkanes of at least 4 members (excludes halogenated alkanes) is 1. The molecule has 2 aliphatic rings. The maximum atomic E-state index is 14.1. The van der Waals surface area contributed by atoms with Crippen LogP contribution < -0.4 is 21.3 Å². The van der Waals surface area contributed by atoms with E-state index in [0.29, 0.717) is 36.5 Å². The van der Waals surface area contributed by atoms with Crippen LogP contribution in [0, 0.1) is 12.8 Å². The van der Waals surface area contributed by atoms with Crippen LogP contribution in [0.3, 0.4) is 0 Å². The molecular formula is C26H39N7O3. The van der Waals surface area contributed by atoms with Gasteiger partial charge in [-0.05, 0) is 43.7 Å². The molecule has 0 spiro atoms. The minimum atomic E-state index is 0.00512. The van der Waals surface area contributed by atoms with Crippen LogP contribution in [0.25, 0.3) is 0 Å². The zero-order chi connectivity index (χ0) is 25.5. The van der Waals surface area contributed by atoms with E-state index in [2.05, 4.69) is 40.3 Å². The number of nitrogens with zero attached hydrogens (tertiary/aromatic N) is 4. The molecule has 2 aliphatic heterocycles. The Bertz CT molecular complexity index is 1020. The van der Waals surface area contributed by atoms with Crippen LogP contribution in [0.1, 0.15) is 57.2 Å². The third-order valence-electron chi connectivity index (χ3n) is 6.57. The lowest BCUT2D eigenvalue weighted by molar-refractivity contribution is -0.131. The molecule has 1 aromatic carbocycles. The first-order chi connectivity index (χ1) is 17.5. The standard InChI is InChI=1S/C26H39N7O3/c1-18(2)17-32(22-14-20(15-27-16-22)25-30-28-19(3)36-25)26(34)24-23(12-8-9-13-35-4)33(31-29-24)21-10-6-5-7-11-21/h5-7,10-11,18,20,22,27,29,31H,8-9,12-17H2,1-4H3. The monoisotopic (exact) mass is 497 g/mol. The van der Waals surface area contributed by atoms with Crippen molar-refractivity contribution in [1.29, 1.82) is 0 Å². The van der Waals surface area contributed by atoms with Crippen molar-refractivity contribution < 1.29 is 13.9 Å². The second kappa shape index (κ2) is 12.3. The lowest BCUT2D eigenvalue weighted by Crippen LogP contribution is -2.53. The largest absolute Gasteiger partial charge is 0.425 e. The van der Waals surface area contributed by atoms with E-state index >= 15 is 0 Å². The summed E-state index contributed by atoms with van der Waals surface area (Å²) >= 11 is 0. The van der Waals surface area contributed by atoms with Crippen molar-refractivity contribution in [3.05, 3.63) is 53.5 Å². The summed E-state index contributed by atoms with van der Waals surface area (Å²) in [6, 6.07) is 10.1. The number of ether oxygens (including phenoxy) is 1. The Hall–Kier alpha value is -2.95. The van der Waals surface area contributed by atoms with Gasteiger partial charge >= 0.3 is 0 Å². The van der Waals surface area contributed by atoms with Gasteiger partial charge in [-0.15, -0.1) is 15.7 Å². The molecular weight excluding hydrogens is 458 g/mol. The van der Waals surface area contributed by atoms with E-state index in [-0.39, 0.29) is 17.9 Å². The van der Waals surface area contributed by atoms with E-state index in [1.807, 2.05) is 40.2 Å². The molecule has 3 heterocycles. The third-order valence-corrected chi connectivity index (χ3v) is 6.57. The first-order valence-corrected chi connectivity index (χ1v) is 12.9. The van der Waals surface area contributed by atoms with E-state index in [1.54, 1.807) is 14.0 Å². The van der Waals surface area contributed by atoms with Gasteiger partial charge in [0.25, 0.3) is 5.91 Å². The average Bonchev–Trinajstić information content (AvgIpc) is 3.52. The predicted molar refractivity (Wildman–Crippen MR) is 138 cm³/mol. The Kier molecular flexibility index (Phi) is 8.95. The van der Waals surface area contributed by atoms with Crippen molar-refractivity contribution in [1.82, 2.24) is 31.4 Å². The van der Waals surface area contributed by atoms with Gasteiger partial charge in [-0.3, -0.25) is 15.2 Å². The number of hydrogen-bond acceptors (Lipinski definition) is 9. The molecule has 0 bridgehead atoms. The SMILES string of the molecule is COCCCCC1=C(C(=O)N(CC(C)C)C2CNCC(c3nnc(C)o3)C2)NNN1c1ccccc1. The van der Waals surface area contributed by atoms with Crippen molar-refractivity contribution in [2.45, 2.75) is 58.4 Å². The van der Waals surface area contributed by atoms with Gasteiger partial charge in [0.15, 0.2) is 0 Å². The van der Waals surface area contributed by atoms with Crippen molar-refractivity contribution in [2.75, 3.05) is 38.4 Å². The van der Waals surface area contributed by atoms with E-state index in [4.69, 9.17) is 9.15 Å². The number of hydrazine groups is 2. The first-order valence-electron chi connectivity index (χ1n) is 12.9. The number of benzene rings is 1. The second-order valence-corrected chi connectivity index (χ2v) is 9.93. The van der Waals surface area contributed by atoms with Gasteiger partial charge in [0.05, 0.1) is 17.3 Å². The summed E-state index contributed by atoms with van der Waals surface area (Å²) in [5.74, 6) is 1.60. The molecule has 1 saturated heterocycles. The number of anilines is 1. The van der Waals surface area contributed by atoms with Crippen molar-refractivity contribution >= 4 is 11.6 Å². The van der Waals surface area contributed by atoms with Gasteiger partial charge in [-0.1, -0.05) is 32.0 Å². The van der Waals surface area contributed by atoms with Crippen LogP contribution in [-0.4, -0.2) is 60.4 Å². The van der Waals surface area contributed by atoms with Gasteiger partial charge in [0.1, 0.15) is 5.70 Å². The van der Waals surface area contributed by atoms with Crippen LogP contribution in [0.5, 0.6) is 0 Å². The molecule has 2 unspecified atom stereocenters. The first kappa shape index (κ1) is 26.1. The minimum absolute atomic E-state index is 0.00512. The molecule has 2 aromatic rings. The number of hydrogen-bond donors (Lipinski definition) is 3. The number of amides is 1. The molecule has 4 rings (SSSR count). The molecule has 3 N–H and O–H groups in total. The summed E-state index contributed by atoms with van der Waals surface area (Å²) in [6.07, 6.45) is 3.37. The molecule has 10 nitrogen and oxygen atoms in total. The Morgan fingerprint density at radius 2 is 2.03 bits per heavy atom. The number of aromatic nitrogens is 2. The normalized spacial score (nSPS) is 20.2. The molecule has 1 fully saturated rings. The quantitative estimate of drug-likeness (QED) is 0.404. The van der Waals surface area contributed by atoms with Crippen molar-refractivity contribution in [3.8, 4) is 0 Å². The number of methoxy groups -OCH3 is 1. The van der Waals surface area contributed by atoms with Gasteiger partial charge in [0, 0.05) is 46.3 Å². The van der Waals surface area contributed by atoms with Crippen LogP contribution in [0.2, 0.25) is 0 Å². The highest BCUT2D eigenvalue weighted by molar-refractivity contribution is 5.95. The Balaban J connectivity index is 1.60. The predicted octanol–water partition coefficient (Wildman–Crippen LogP) is 2.87. The summed E-state index contributed by atoms with van der Waals surface area (Å²) in [7, 11) is 1.72. The zero-order valence-corrected chi connectivity index (χ0v) is 21.8. The molecule has 1 aromatic heterocycles. The van der Waals surface area contributed by atoms with Gasteiger partial charge in [-0.2, -0.15) is 0 Å². The summed E-state index contributed by atoms with van der Waals surface area (Å²) in [5, 5.41) is 13.7. The van der Waals surface area contributed by atoms with Crippen LogP contribution in [0.4, 0.5) is 5.69 Å². The molecule has 196 valence electrons. The summed E-state index contributed by atoms with van der Waals surface area (Å²) in [4.78, 5) is 16.2. The Morgan fingerprint density at radius 3 is 2.72 bits per heavy atom. The van der Waals surface area contributed by atoms with E-state index < -0.39 is 0 Å². The van der Waals surface area contributed by atoms with E-state index in [1.165, 1.54) is 0 Å². The lowest BCUT2D eigenvalue weighted by Gasteiger charge is -2.38. The number of piperidine rings is 1. The fourth-order valence-electron chi connectivity index (χ4n) is 4.87. The highest BCUT2D eigenvalue weighted by atomic mass is 16.5. The van der Waals surface area contributed by atoms with Crippen molar-refractivity contribution in [3.63, 3.8) is 0 Å². The second-order valence-electron chi connectivity index (χ2n) is 9.93. The molecule has 2 atom stereocenters. The topological polar surface area (TPSA) is 108 Å². The van der Waals surface area contributed by atoms with Crippen molar-refractivity contribution in [2.24, 2.45) is 5.92 Å². The third kappa shape index (κ3) is 6.24. The molecule has 10 heteroatoms. The number of aryl methyl sites for hydroxylation is 1. The number of nitrogens with one attached hydrogen (secondary N) is 3. The maximum Gasteiger partial charge on any atom is 0.273 e. The number of carbonyl (C=O) groups excluding carboxylic acids is 1. The van der Waals surface area contributed by atoms with Gasteiger partial charge in [-0.25, -0.2) is 0 Å². The van der Waals surface area contributed by atoms with Crippen LogP contribution >= 0.6 is 0 Å². The minimum Gasteiger partial charge on any atom is -0.425 e. The molecule has 0 radical (unpaired) electrons.